The van der Waals surface area contributed by atoms with E-state index >= 15 is 0 Å². The number of ether oxygens (including phenoxy) is 1. The molecule has 1 aromatic rings. The molecule has 1 aliphatic rings. The molecular formula is C17H29N3O. The first-order valence-corrected chi connectivity index (χ1v) is 7.85. The van der Waals surface area contributed by atoms with E-state index in [4.69, 9.17) is 10.5 Å². The Morgan fingerprint density at radius 3 is 2.52 bits per heavy atom. The van der Waals surface area contributed by atoms with Crippen molar-refractivity contribution < 1.29 is 4.74 Å². The number of rotatable bonds is 6. The van der Waals surface area contributed by atoms with Gasteiger partial charge < -0.3 is 15.4 Å². The number of anilines is 1. The second-order valence-corrected chi connectivity index (χ2v) is 6.26. The summed E-state index contributed by atoms with van der Waals surface area (Å²) >= 11 is 0. The summed E-state index contributed by atoms with van der Waals surface area (Å²) in [5.41, 5.74) is 8.74. The molecule has 1 saturated heterocycles. The molecule has 0 aromatic heterocycles. The quantitative estimate of drug-likeness (QED) is 0.869. The zero-order valence-electron chi connectivity index (χ0n) is 13.6. The van der Waals surface area contributed by atoms with Crippen LogP contribution in [0.4, 0.5) is 5.69 Å². The number of aryl methyl sites for hydroxylation is 1. The Morgan fingerprint density at radius 2 is 1.95 bits per heavy atom. The molecule has 2 rings (SSSR count). The lowest BCUT2D eigenvalue weighted by Gasteiger charge is -2.46. The van der Waals surface area contributed by atoms with Crippen molar-refractivity contribution in [2.45, 2.75) is 25.8 Å². The predicted molar refractivity (Wildman–Crippen MR) is 88.9 cm³/mol. The Balaban J connectivity index is 1.96. The SMILES string of the molecule is COCCC(C)(CN)N1CCN(c2cccc(C)c2)CC1. The summed E-state index contributed by atoms with van der Waals surface area (Å²) in [5.74, 6) is 0. The fourth-order valence-corrected chi connectivity index (χ4v) is 3.04. The van der Waals surface area contributed by atoms with Crippen LogP contribution in [0.25, 0.3) is 0 Å². The summed E-state index contributed by atoms with van der Waals surface area (Å²) in [6, 6.07) is 8.76. The third-order valence-electron chi connectivity index (χ3n) is 4.69. The van der Waals surface area contributed by atoms with E-state index in [0.717, 1.165) is 39.2 Å². The van der Waals surface area contributed by atoms with Crippen molar-refractivity contribution in [3.63, 3.8) is 0 Å². The smallest absolute Gasteiger partial charge is 0.0480 e. The van der Waals surface area contributed by atoms with E-state index in [1.165, 1.54) is 11.3 Å². The van der Waals surface area contributed by atoms with Crippen molar-refractivity contribution in [3.05, 3.63) is 29.8 Å². The largest absolute Gasteiger partial charge is 0.385 e. The minimum Gasteiger partial charge on any atom is -0.385 e. The number of hydrogen-bond donors (Lipinski definition) is 1. The lowest BCUT2D eigenvalue weighted by Crippen LogP contribution is -2.59. The normalized spacial score (nSPS) is 19.5. The van der Waals surface area contributed by atoms with E-state index in [1.54, 1.807) is 7.11 Å². The molecule has 1 unspecified atom stereocenters. The van der Waals surface area contributed by atoms with Gasteiger partial charge >= 0.3 is 0 Å². The Kier molecular flexibility index (Phi) is 5.62. The monoisotopic (exact) mass is 291 g/mol. The van der Waals surface area contributed by atoms with Crippen LogP contribution < -0.4 is 10.6 Å². The third-order valence-corrected chi connectivity index (χ3v) is 4.69. The van der Waals surface area contributed by atoms with Crippen LogP contribution in [0.15, 0.2) is 24.3 Å². The molecule has 1 atom stereocenters. The van der Waals surface area contributed by atoms with Crippen LogP contribution in [-0.2, 0) is 4.74 Å². The highest BCUT2D eigenvalue weighted by Crippen LogP contribution is 2.23. The van der Waals surface area contributed by atoms with Crippen LogP contribution in [0.3, 0.4) is 0 Å². The van der Waals surface area contributed by atoms with Crippen molar-refractivity contribution in [3.8, 4) is 0 Å². The van der Waals surface area contributed by atoms with Gasteiger partial charge in [-0.2, -0.15) is 0 Å². The summed E-state index contributed by atoms with van der Waals surface area (Å²) < 4.78 is 5.24. The molecule has 0 aliphatic carbocycles. The van der Waals surface area contributed by atoms with Crippen LogP contribution >= 0.6 is 0 Å². The molecule has 0 amide bonds. The molecular weight excluding hydrogens is 262 g/mol. The first-order chi connectivity index (χ1) is 10.1. The Labute approximate surface area is 128 Å². The van der Waals surface area contributed by atoms with Gasteiger partial charge in [-0.15, -0.1) is 0 Å². The molecule has 118 valence electrons. The number of piperazine rings is 1. The van der Waals surface area contributed by atoms with E-state index in [9.17, 15) is 0 Å². The summed E-state index contributed by atoms with van der Waals surface area (Å²) in [6.45, 7) is 10.1. The minimum atomic E-state index is 0.0503. The van der Waals surface area contributed by atoms with Crippen molar-refractivity contribution in [2.75, 3.05) is 51.3 Å². The third kappa shape index (κ3) is 3.96. The van der Waals surface area contributed by atoms with Crippen LogP contribution in [0, 0.1) is 6.92 Å². The van der Waals surface area contributed by atoms with Crippen LogP contribution in [0.2, 0.25) is 0 Å². The molecule has 0 spiro atoms. The Morgan fingerprint density at radius 1 is 1.24 bits per heavy atom. The maximum absolute atomic E-state index is 6.03. The fourth-order valence-electron chi connectivity index (χ4n) is 3.04. The highest BCUT2D eigenvalue weighted by molar-refractivity contribution is 5.48. The number of nitrogens with zero attached hydrogens (tertiary/aromatic N) is 2. The number of hydrogen-bond acceptors (Lipinski definition) is 4. The molecule has 0 saturated carbocycles. The van der Waals surface area contributed by atoms with Crippen molar-refractivity contribution in [1.29, 1.82) is 0 Å². The zero-order chi connectivity index (χ0) is 15.3. The maximum Gasteiger partial charge on any atom is 0.0480 e. The van der Waals surface area contributed by atoms with E-state index in [-0.39, 0.29) is 5.54 Å². The minimum absolute atomic E-state index is 0.0503. The Bertz CT molecular complexity index is 443. The molecule has 0 bridgehead atoms. The lowest BCUT2D eigenvalue weighted by molar-refractivity contribution is 0.0638. The number of methoxy groups -OCH3 is 1. The first-order valence-electron chi connectivity index (χ1n) is 7.85. The highest BCUT2D eigenvalue weighted by atomic mass is 16.5. The van der Waals surface area contributed by atoms with Crippen LogP contribution in [0.1, 0.15) is 18.9 Å². The molecule has 1 aliphatic heterocycles. The lowest BCUT2D eigenvalue weighted by atomic mass is 9.95. The van der Waals surface area contributed by atoms with Crippen molar-refractivity contribution >= 4 is 5.69 Å². The van der Waals surface area contributed by atoms with Crippen LogP contribution in [-0.4, -0.2) is 56.9 Å². The van der Waals surface area contributed by atoms with Gasteiger partial charge in [0, 0.05) is 57.7 Å². The van der Waals surface area contributed by atoms with Gasteiger partial charge in [-0.3, -0.25) is 4.90 Å². The molecule has 4 heteroatoms. The van der Waals surface area contributed by atoms with Gasteiger partial charge in [0.1, 0.15) is 0 Å². The molecule has 21 heavy (non-hydrogen) atoms. The standard InChI is InChI=1S/C17H29N3O/c1-15-5-4-6-16(13-15)19-8-10-20(11-9-19)17(2,14-18)7-12-21-3/h4-6,13H,7-12,14,18H2,1-3H3. The summed E-state index contributed by atoms with van der Waals surface area (Å²) in [6.07, 6.45) is 0.991. The molecule has 2 N–H and O–H groups in total. The van der Waals surface area contributed by atoms with Crippen molar-refractivity contribution in [1.82, 2.24) is 4.90 Å². The van der Waals surface area contributed by atoms with E-state index in [0.29, 0.717) is 6.54 Å². The summed E-state index contributed by atoms with van der Waals surface area (Å²) in [7, 11) is 1.76. The molecule has 1 aromatic carbocycles. The van der Waals surface area contributed by atoms with Gasteiger partial charge in [-0.05, 0) is 38.0 Å². The summed E-state index contributed by atoms with van der Waals surface area (Å²) in [4.78, 5) is 5.00. The predicted octanol–water partition coefficient (Wildman–Crippen LogP) is 1.87. The topological polar surface area (TPSA) is 41.7 Å². The van der Waals surface area contributed by atoms with Gasteiger partial charge in [0.2, 0.25) is 0 Å². The maximum atomic E-state index is 6.03. The molecule has 1 fully saturated rings. The molecule has 1 heterocycles. The number of benzene rings is 1. The van der Waals surface area contributed by atoms with E-state index in [2.05, 4.69) is 47.9 Å². The Hall–Kier alpha value is -1.10. The van der Waals surface area contributed by atoms with Gasteiger partial charge in [0.25, 0.3) is 0 Å². The highest BCUT2D eigenvalue weighted by Gasteiger charge is 2.32. The first kappa shape index (κ1) is 16.3. The van der Waals surface area contributed by atoms with Gasteiger partial charge in [-0.1, -0.05) is 12.1 Å². The zero-order valence-corrected chi connectivity index (χ0v) is 13.6. The van der Waals surface area contributed by atoms with Crippen molar-refractivity contribution in [2.24, 2.45) is 5.73 Å². The van der Waals surface area contributed by atoms with E-state index in [1.807, 2.05) is 0 Å². The van der Waals surface area contributed by atoms with Gasteiger partial charge in [0.15, 0.2) is 0 Å². The van der Waals surface area contributed by atoms with Gasteiger partial charge in [0.05, 0.1) is 0 Å². The van der Waals surface area contributed by atoms with E-state index < -0.39 is 0 Å². The molecule has 4 nitrogen and oxygen atoms in total. The van der Waals surface area contributed by atoms with Crippen LogP contribution in [0.5, 0.6) is 0 Å². The second-order valence-electron chi connectivity index (χ2n) is 6.26. The fraction of sp³-hybridized carbons (Fsp3) is 0.647. The average molecular weight is 291 g/mol. The summed E-state index contributed by atoms with van der Waals surface area (Å²) in [5, 5.41) is 0. The molecule has 0 radical (unpaired) electrons. The number of nitrogens with two attached hydrogens (primary N) is 1. The second kappa shape index (κ2) is 7.25. The average Bonchev–Trinajstić information content (AvgIpc) is 2.53. The van der Waals surface area contributed by atoms with Gasteiger partial charge in [-0.25, -0.2) is 0 Å².